The zero-order valence-corrected chi connectivity index (χ0v) is 13.9. The number of aromatic nitrogens is 1. The molecule has 23 heavy (non-hydrogen) atoms. The molecule has 0 unspecified atom stereocenters. The van der Waals surface area contributed by atoms with Crippen molar-refractivity contribution in [1.82, 2.24) is 15.2 Å². The lowest BCUT2D eigenvalue weighted by molar-refractivity contribution is -0.129. The predicted octanol–water partition coefficient (Wildman–Crippen LogP) is 2.47. The Morgan fingerprint density at radius 1 is 1.26 bits per heavy atom. The van der Waals surface area contributed by atoms with Gasteiger partial charge in [0, 0.05) is 24.0 Å². The van der Waals surface area contributed by atoms with Crippen molar-refractivity contribution in [2.45, 2.75) is 19.8 Å². The molecule has 120 valence electrons. The maximum absolute atomic E-state index is 12.3. The molecule has 1 N–H and O–H groups in total. The van der Waals surface area contributed by atoms with Crippen LogP contribution in [0.5, 0.6) is 0 Å². The second-order valence-electron chi connectivity index (χ2n) is 5.61. The summed E-state index contributed by atoms with van der Waals surface area (Å²) < 4.78 is 0. The first kappa shape index (κ1) is 15.7. The van der Waals surface area contributed by atoms with Crippen molar-refractivity contribution in [2.75, 3.05) is 19.6 Å². The Morgan fingerprint density at radius 2 is 2.04 bits per heavy atom. The number of hydrogen-bond donors (Lipinski definition) is 1. The molecule has 3 rings (SSSR count). The number of carbonyl (C=O) groups is 2. The molecule has 0 saturated carbocycles. The molecule has 1 fully saturated rings. The van der Waals surface area contributed by atoms with Crippen LogP contribution in [0.4, 0.5) is 0 Å². The molecule has 1 aliphatic heterocycles. The lowest BCUT2D eigenvalue weighted by atomic mass is 10.1. The number of aryl methyl sites for hydroxylation is 1. The summed E-state index contributed by atoms with van der Waals surface area (Å²) in [4.78, 5) is 30.5. The Bertz CT molecular complexity index is 707. The molecule has 1 aliphatic rings. The van der Waals surface area contributed by atoms with Gasteiger partial charge in [-0.2, -0.15) is 11.3 Å². The van der Waals surface area contributed by atoms with Crippen LogP contribution in [0, 0.1) is 6.92 Å². The molecule has 0 aromatic carbocycles. The number of nitrogens with one attached hydrogen (secondary N) is 1. The van der Waals surface area contributed by atoms with Gasteiger partial charge in [0.1, 0.15) is 0 Å². The fraction of sp³-hybridized carbons (Fsp3) is 0.353. The van der Waals surface area contributed by atoms with Crippen LogP contribution in [0.2, 0.25) is 0 Å². The van der Waals surface area contributed by atoms with Crippen molar-refractivity contribution in [3.05, 3.63) is 40.2 Å². The fourth-order valence-electron chi connectivity index (χ4n) is 2.70. The number of likely N-dealkylation sites (tertiary alicyclic amines) is 1. The number of thiophene rings is 1. The molecule has 6 heteroatoms. The summed E-state index contributed by atoms with van der Waals surface area (Å²) >= 11 is 1.61. The molecule has 5 nitrogen and oxygen atoms in total. The van der Waals surface area contributed by atoms with E-state index in [0.717, 1.165) is 37.2 Å². The van der Waals surface area contributed by atoms with Gasteiger partial charge in [0.25, 0.3) is 5.91 Å². The van der Waals surface area contributed by atoms with E-state index >= 15 is 0 Å². The maximum Gasteiger partial charge on any atom is 0.253 e. The molecule has 0 radical (unpaired) electrons. The van der Waals surface area contributed by atoms with E-state index in [2.05, 4.69) is 10.3 Å². The summed E-state index contributed by atoms with van der Waals surface area (Å²) in [6, 6.07) is 5.61. The minimum atomic E-state index is -0.251. The lowest BCUT2D eigenvalue weighted by Crippen LogP contribution is -2.38. The zero-order valence-electron chi connectivity index (χ0n) is 13.0. The molecular weight excluding hydrogens is 310 g/mol. The molecule has 2 aromatic rings. The van der Waals surface area contributed by atoms with Crippen molar-refractivity contribution in [3.8, 4) is 11.3 Å². The highest BCUT2D eigenvalue weighted by molar-refractivity contribution is 7.08. The quantitative estimate of drug-likeness (QED) is 0.937. The SMILES string of the molecule is Cc1nc(-c2ccsc2)ccc1C(=O)NCC(=O)N1CCCC1. The van der Waals surface area contributed by atoms with Gasteiger partial charge in [0.05, 0.1) is 23.5 Å². The van der Waals surface area contributed by atoms with Gasteiger partial charge in [-0.15, -0.1) is 0 Å². The van der Waals surface area contributed by atoms with Crippen LogP contribution in [0.15, 0.2) is 29.0 Å². The van der Waals surface area contributed by atoms with E-state index in [1.54, 1.807) is 22.3 Å². The Kier molecular flexibility index (Phi) is 4.71. The van der Waals surface area contributed by atoms with Gasteiger partial charge < -0.3 is 10.2 Å². The third kappa shape index (κ3) is 3.59. The van der Waals surface area contributed by atoms with Crippen molar-refractivity contribution in [1.29, 1.82) is 0 Å². The number of rotatable bonds is 4. The Morgan fingerprint density at radius 3 is 2.70 bits per heavy atom. The first-order valence-electron chi connectivity index (χ1n) is 7.71. The van der Waals surface area contributed by atoms with Crippen molar-refractivity contribution in [2.24, 2.45) is 0 Å². The van der Waals surface area contributed by atoms with Crippen molar-refractivity contribution in [3.63, 3.8) is 0 Å². The number of carbonyl (C=O) groups excluding carboxylic acids is 2. The van der Waals surface area contributed by atoms with Gasteiger partial charge in [-0.25, -0.2) is 0 Å². The maximum atomic E-state index is 12.3. The van der Waals surface area contributed by atoms with Crippen LogP contribution in [0.25, 0.3) is 11.3 Å². The summed E-state index contributed by atoms with van der Waals surface area (Å²) in [5.74, 6) is -0.268. The van der Waals surface area contributed by atoms with Crippen molar-refractivity contribution >= 4 is 23.2 Å². The smallest absolute Gasteiger partial charge is 0.253 e. The van der Waals surface area contributed by atoms with Gasteiger partial charge >= 0.3 is 0 Å². The normalized spacial score (nSPS) is 14.0. The van der Waals surface area contributed by atoms with Gasteiger partial charge in [0.2, 0.25) is 5.91 Å². The Labute approximate surface area is 139 Å². The second-order valence-corrected chi connectivity index (χ2v) is 6.39. The largest absolute Gasteiger partial charge is 0.343 e. The topological polar surface area (TPSA) is 62.3 Å². The highest BCUT2D eigenvalue weighted by atomic mass is 32.1. The highest BCUT2D eigenvalue weighted by Crippen LogP contribution is 2.21. The standard InChI is InChI=1S/C17H19N3O2S/c1-12-14(4-5-15(19-12)13-6-9-23-11-13)17(22)18-10-16(21)20-7-2-3-8-20/h4-6,9,11H,2-3,7-8,10H2,1H3,(H,18,22). The van der Waals surface area contributed by atoms with Crippen LogP contribution in [-0.2, 0) is 4.79 Å². The van der Waals surface area contributed by atoms with E-state index < -0.39 is 0 Å². The molecular formula is C17H19N3O2S. The van der Waals surface area contributed by atoms with Crippen LogP contribution >= 0.6 is 11.3 Å². The molecule has 3 heterocycles. The van der Waals surface area contributed by atoms with E-state index in [1.165, 1.54) is 0 Å². The van der Waals surface area contributed by atoms with Gasteiger partial charge in [-0.05, 0) is 43.3 Å². The molecule has 0 bridgehead atoms. The molecule has 0 atom stereocenters. The van der Waals surface area contributed by atoms with Crippen LogP contribution in [-0.4, -0.2) is 41.3 Å². The monoisotopic (exact) mass is 329 g/mol. The van der Waals surface area contributed by atoms with Gasteiger partial charge in [-0.3, -0.25) is 14.6 Å². The van der Waals surface area contributed by atoms with E-state index in [1.807, 2.05) is 29.8 Å². The van der Waals surface area contributed by atoms with Gasteiger partial charge in [0.15, 0.2) is 0 Å². The third-order valence-electron chi connectivity index (χ3n) is 4.01. The first-order chi connectivity index (χ1) is 11.1. The number of amides is 2. The van der Waals surface area contributed by atoms with E-state index in [-0.39, 0.29) is 18.4 Å². The van der Waals surface area contributed by atoms with Crippen LogP contribution < -0.4 is 5.32 Å². The highest BCUT2D eigenvalue weighted by Gasteiger charge is 2.19. The van der Waals surface area contributed by atoms with Crippen LogP contribution in [0.1, 0.15) is 28.9 Å². The average Bonchev–Trinajstić information content (AvgIpc) is 3.24. The summed E-state index contributed by atoms with van der Waals surface area (Å²) in [7, 11) is 0. The summed E-state index contributed by atoms with van der Waals surface area (Å²) in [5.41, 5.74) is 3.08. The fourth-order valence-corrected chi connectivity index (χ4v) is 3.35. The molecule has 2 aromatic heterocycles. The van der Waals surface area contributed by atoms with Crippen LogP contribution in [0.3, 0.4) is 0 Å². The van der Waals surface area contributed by atoms with Crippen molar-refractivity contribution < 1.29 is 9.59 Å². The minimum Gasteiger partial charge on any atom is -0.343 e. The molecule has 0 aliphatic carbocycles. The number of nitrogens with zero attached hydrogens (tertiary/aromatic N) is 2. The predicted molar refractivity (Wildman–Crippen MR) is 90.4 cm³/mol. The minimum absolute atomic E-state index is 0.0173. The first-order valence-corrected chi connectivity index (χ1v) is 8.65. The average molecular weight is 329 g/mol. The lowest BCUT2D eigenvalue weighted by Gasteiger charge is -2.15. The summed E-state index contributed by atoms with van der Waals surface area (Å²) in [6.07, 6.45) is 2.10. The summed E-state index contributed by atoms with van der Waals surface area (Å²) in [5, 5.41) is 6.72. The number of hydrogen-bond acceptors (Lipinski definition) is 4. The second kappa shape index (κ2) is 6.91. The third-order valence-corrected chi connectivity index (χ3v) is 4.69. The summed E-state index contributed by atoms with van der Waals surface area (Å²) in [6.45, 7) is 3.45. The Hall–Kier alpha value is -2.21. The van der Waals surface area contributed by atoms with E-state index in [9.17, 15) is 9.59 Å². The zero-order chi connectivity index (χ0) is 16.2. The Balaban J connectivity index is 1.64. The van der Waals surface area contributed by atoms with Gasteiger partial charge in [-0.1, -0.05) is 0 Å². The molecule has 0 spiro atoms. The number of pyridine rings is 1. The molecule has 2 amide bonds. The molecule has 1 saturated heterocycles. The van der Waals surface area contributed by atoms with E-state index in [0.29, 0.717) is 11.3 Å². The van der Waals surface area contributed by atoms with E-state index in [4.69, 9.17) is 0 Å².